The number of carbonyl (C=O) groups is 2. The number of fused-ring (bicyclic) bond motifs is 1. The number of hydrogen-bond donors (Lipinski definition) is 2. The minimum absolute atomic E-state index is 0.118. The lowest BCUT2D eigenvalue weighted by atomic mass is 10.0. The standard InChI is InChI=1S/C14H17NO4S/c16-12(8-3-2-6-19-7-8)15-13-11(14(17)18)9-4-1-5-10(9)20-13/h8H,1-7H2,(H,15,16)(H,17,18). The molecule has 108 valence electrons. The van der Waals surface area contributed by atoms with Gasteiger partial charge in [-0.05, 0) is 37.7 Å². The van der Waals surface area contributed by atoms with E-state index in [-0.39, 0.29) is 11.8 Å². The van der Waals surface area contributed by atoms with Gasteiger partial charge in [0.2, 0.25) is 5.91 Å². The molecule has 5 nitrogen and oxygen atoms in total. The molecule has 1 unspecified atom stereocenters. The average molecular weight is 295 g/mol. The zero-order valence-electron chi connectivity index (χ0n) is 11.1. The van der Waals surface area contributed by atoms with Gasteiger partial charge in [0.05, 0.1) is 18.1 Å². The Morgan fingerprint density at radius 2 is 2.15 bits per heavy atom. The highest BCUT2D eigenvalue weighted by molar-refractivity contribution is 7.17. The molecule has 1 aromatic heterocycles. The number of aromatic carboxylic acids is 1. The SMILES string of the molecule is O=C(O)c1c(NC(=O)C2CCCOC2)sc2c1CCC2. The van der Waals surface area contributed by atoms with Gasteiger partial charge in [-0.1, -0.05) is 0 Å². The molecule has 1 fully saturated rings. The molecule has 3 rings (SSSR count). The van der Waals surface area contributed by atoms with Gasteiger partial charge in [0.25, 0.3) is 0 Å². The van der Waals surface area contributed by atoms with E-state index in [2.05, 4.69) is 5.32 Å². The fourth-order valence-corrected chi connectivity index (χ4v) is 4.16. The van der Waals surface area contributed by atoms with Gasteiger partial charge in [-0.2, -0.15) is 0 Å². The Kier molecular flexibility index (Phi) is 3.76. The van der Waals surface area contributed by atoms with Crippen molar-refractivity contribution in [2.45, 2.75) is 32.1 Å². The van der Waals surface area contributed by atoms with Crippen molar-refractivity contribution in [1.82, 2.24) is 0 Å². The summed E-state index contributed by atoms with van der Waals surface area (Å²) in [5, 5.41) is 12.7. The third-order valence-electron chi connectivity index (χ3n) is 3.90. The molecule has 2 N–H and O–H groups in total. The zero-order chi connectivity index (χ0) is 14.1. The van der Waals surface area contributed by atoms with Crippen LogP contribution in [0.1, 0.15) is 40.1 Å². The molecular weight excluding hydrogens is 278 g/mol. The minimum Gasteiger partial charge on any atom is -0.478 e. The van der Waals surface area contributed by atoms with Crippen LogP contribution >= 0.6 is 11.3 Å². The Balaban J connectivity index is 1.80. The molecule has 2 heterocycles. The van der Waals surface area contributed by atoms with E-state index >= 15 is 0 Å². The lowest BCUT2D eigenvalue weighted by Crippen LogP contribution is -2.30. The molecular formula is C14H17NO4S. The van der Waals surface area contributed by atoms with Crippen LogP contribution in [0.2, 0.25) is 0 Å². The summed E-state index contributed by atoms with van der Waals surface area (Å²) in [4.78, 5) is 24.7. The molecule has 2 aliphatic rings. The first-order valence-electron chi connectivity index (χ1n) is 6.93. The predicted molar refractivity (Wildman–Crippen MR) is 75.5 cm³/mol. The molecule has 0 saturated carbocycles. The normalized spacial score (nSPS) is 21.5. The van der Waals surface area contributed by atoms with Crippen LogP contribution in [0.25, 0.3) is 0 Å². The number of hydrogen-bond acceptors (Lipinski definition) is 4. The van der Waals surface area contributed by atoms with Gasteiger partial charge in [0.1, 0.15) is 5.00 Å². The average Bonchev–Trinajstić information content (AvgIpc) is 2.99. The van der Waals surface area contributed by atoms with Crippen molar-refractivity contribution in [3.63, 3.8) is 0 Å². The Morgan fingerprint density at radius 1 is 1.30 bits per heavy atom. The summed E-state index contributed by atoms with van der Waals surface area (Å²) in [5.74, 6) is -1.23. The zero-order valence-corrected chi connectivity index (χ0v) is 11.9. The van der Waals surface area contributed by atoms with E-state index in [4.69, 9.17) is 4.74 Å². The number of carboxylic acid groups (broad SMARTS) is 1. The van der Waals surface area contributed by atoms with Crippen molar-refractivity contribution in [2.24, 2.45) is 5.92 Å². The van der Waals surface area contributed by atoms with E-state index in [0.717, 1.165) is 42.5 Å². The molecule has 1 saturated heterocycles. The van der Waals surface area contributed by atoms with Crippen LogP contribution in [0.4, 0.5) is 5.00 Å². The highest BCUT2D eigenvalue weighted by Gasteiger charge is 2.29. The third-order valence-corrected chi connectivity index (χ3v) is 5.11. The maximum absolute atomic E-state index is 12.2. The molecule has 1 aromatic rings. The number of carboxylic acids is 1. The molecule has 1 aliphatic carbocycles. The van der Waals surface area contributed by atoms with Crippen molar-refractivity contribution in [3.05, 3.63) is 16.0 Å². The van der Waals surface area contributed by atoms with Crippen LogP contribution in [-0.4, -0.2) is 30.2 Å². The molecule has 1 aliphatic heterocycles. The number of aryl methyl sites for hydroxylation is 1. The van der Waals surface area contributed by atoms with Crippen LogP contribution in [0.5, 0.6) is 0 Å². The Bertz CT molecular complexity index is 546. The number of amides is 1. The first-order chi connectivity index (χ1) is 9.66. The Morgan fingerprint density at radius 3 is 2.85 bits per heavy atom. The fourth-order valence-electron chi connectivity index (χ4n) is 2.88. The van der Waals surface area contributed by atoms with E-state index in [0.29, 0.717) is 23.8 Å². The maximum Gasteiger partial charge on any atom is 0.339 e. The molecule has 0 aromatic carbocycles. The van der Waals surface area contributed by atoms with Crippen LogP contribution in [0, 0.1) is 5.92 Å². The molecule has 0 bridgehead atoms. The van der Waals surface area contributed by atoms with Gasteiger partial charge >= 0.3 is 5.97 Å². The summed E-state index contributed by atoms with van der Waals surface area (Å²) in [7, 11) is 0. The quantitative estimate of drug-likeness (QED) is 0.897. The lowest BCUT2D eigenvalue weighted by molar-refractivity contribution is -0.123. The van der Waals surface area contributed by atoms with E-state index in [1.807, 2.05) is 0 Å². The second kappa shape index (κ2) is 5.54. The van der Waals surface area contributed by atoms with Gasteiger partial charge in [-0.3, -0.25) is 4.79 Å². The van der Waals surface area contributed by atoms with Crippen molar-refractivity contribution in [3.8, 4) is 0 Å². The minimum atomic E-state index is -0.945. The topological polar surface area (TPSA) is 75.6 Å². The number of rotatable bonds is 3. The number of ether oxygens (including phenoxy) is 1. The number of carbonyl (C=O) groups excluding carboxylic acids is 1. The molecule has 1 amide bonds. The summed E-state index contributed by atoms with van der Waals surface area (Å²) >= 11 is 1.42. The van der Waals surface area contributed by atoms with E-state index in [1.54, 1.807) is 0 Å². The number of thiophene rings is 1. The second-order valence-corrected chi connectivity index (χ2v) is 6.38. The largest absolute Gasteiger partial charge is 0.478 e. The number of nitrogens with one attached hydrogen (secondary N) is 1. The predicted octanol–water partition coefficient (Wildman–Crippen LogP) is 2.30. The maximum atomic E-state index is 12.2. The van der Waals surface area contributed by atoms with Gasteiger partial charge in [0, 0.05) is 11.5 Å². The molecule has 0 radical (unpaired) electrons. The molecule has 1 atom stereocenters. The second-order valence-electron chi connectivity index (χ2n) is 5.27. The first-order valence-corrected chi connectivity index (χ1v) is 7.75. The van der Waals surface area contributed by atoms with Gasteiger partial charge in [0.15, 0.2) is 0 Å². The summed E-state index contributed by atoms with van der Waals surface area (Å²) in [6.45, 7) is 1.14. The van der Waals surface area contributed by atoms with Gasteiger partial charge < -0.3 is 15.2 Å². The van der Waals surface area contributed by atoms with Crippen molar-refractivity contribution in [1.29, 1.82) is 0 Å². The van der Waals surface area contributed by atoms with Crippen LogP contribution in [0.15, 0.2) is 0 Å². The highest BCUT2D eigenvalue weighted by Crippen LogP contribution is 2.39. The highest BCUT2D eigenvalue weighted by atomic mass is 32.1. The fraction of sp³-hybridized carbons (Fsp3) is 0.571. The van der Waals surface area contributed by atoms with Crippen molar-refractivity contribution in [2.75, 3.05) is 18.5 Å². The van der Waals surface area contributed by atoms with Crippen LogP contribution in [0.3, 0.4) is 0 Å². The van der Waals surface area contributed by atoms with E-state index < -0.39 is 5.97 Å². The van der Waals surface area contributed by atoms with Crippen molar-refractivity contribution < 1.29 is 19.4 Å². The summed E-state index contributed by atoms with van der Waals surface area (Å²) < 4.78 is 5.31. The van der Waals surface area contributed by atoms with E-state index in [1.165, 1.54) is 11.3 Å². The monoisotopic (exact) mass is 295 g/mol. The van der Waals surface area contributed by atoms with E-state index in [9.17, 15) is 14.7 Å². The van der Waals surface area contributed by atoms with Gasteiger partial charge in [-0.25, -0.2) is 4.79 Å². The summed E-state index contributed by atoms with van der Waals surface area (Å²) in [6, 6.07) is 0. The lowest BCUT2D eigenvalue weighted by Gasteiger charge is -2.21. The molecule has 0 spiro atoms. The smallest absolute Gasteiger partial charge is 0.339 e. The van der Waals surface area contributed by atoms with Crippen LogP contribution < -0.4 is 5.32 Å². The Hall–Kier alpha value is -1.40. The first kappa shape index (κ1) is 13.6. The number of anilines is 1. The van der Waals surface area contributed by atoms with Crippen molar-refractivity contribution >= 4 is 28.2 Å². The molecule has 20 heavy (non-hydrogen) atoms. The summed E-state index contributed by atoms with van der Waals surface area (Å²) in [6.07, 6.45) is 4.41. The molecule has 6 heteroatoms. The summed E-state index contributed by atoms with van der Waals surface area (Å²) in [5.41, 5.74) is 1.21. The third kappa shape index (κ3) is 2.45. The Labute approximate surface area is 120 Å². The van der Waals surface area contributed by atoms with Gasteiger partial charge in [-0.15, -0.1) is 11.3 Å². The van der Waals surface area contributed by atoms with Crippen LogP contribution in [-0.2, 0) is 22.4 Å².